The molecule has 0 spiro atoms. The van der Waals surface area contributed by atoms with Gasteiger partial charge in [-0.15, -0.1) is 0 Å². The fraction of sp³-hybridized carbons (Fsp3) is 0.364. The Morgan fingerprint density at radius 3 is 2.41 bits per heavy atom. The molecule has 2 N–H and O–H groups in total. The lowest BCUT2D eigenvalue weighted by Crippen LogP contribution is -2.13. The number of benzene rings is 1. The smallest absolute Gasteiger partial charge is 0.335 e. The zero-order valence-corrected chi connectivity index (χ0v) is 9.83. The first kappa shape index (κ1) is 12.1. The van der Waals surface area contributed by atoms with Crippen LogP contribution < -0.4 is 0 Å². The maximum absolute atomic E-state index is 11.2. The topological polar surface area (TPSA) is 91.7 Å². The standard InChI is InChI=1S/C11H12O5S/c12-11(13)8-5-7-3-1-2-4-9(7)10(6-8)17(14,15)16/h5-6H,1-4H2,(H,12,13)(H,14,15,16). The van der Waals surface area contributed by atoms with E-state index in [-0.39, 0.29) is 10.5 Å². The zero-order chi connectivity index (χ0) is 12.6. The molecule has 1 aliphatic carbocycles. The van der Waals surface area contributed by atoms with Gasteiger partial charge in [0.25, 0.3) is 10.1 Å². The fourth-order valence-corrected chi connectivity index (χ4v) is 3.00. The van der Waals surface area contributed by atoms with Gasteiger partial charge in [-0.3, -0.25) is 4.55 Å². The number of carboxylic acids is 1. The Bertz CT molecular complexity index is 574. The van der Waals surface area contributed by atoms with Crippen molar-refractivity contribution < 1.29 is 22.9 Å². The van der Waals surface area contributed by atoms with Crippen molar-refractivity contribution in [3.8, 4) is 0 Å². The van der Waals surface area contributed by atoms with Crippen molar-refractivity contribution in [1.29, 1.82) is 0 Å². The third-order valence-electron chi connectivity index (χ3n) is 2.95. The van der Waals surface area contributed by atoms with Crippen LogP contribution in [-0.4, -0.2) is 24.0 Å². The molecule has 0 unspecified atom stereocenters. The minimum absolute atomic E-state index is 0.0988. The second kappa shape index (κ2) is 4.12. The van der Waals surface area contributed by atoms with Crippen molar-refractivity contribution in [2.75, 3.05) is 0 Å². The van der Waals surface area contributed by atoms with Gasteiger partial charge in [-0.2, -0.15) is 8.42 Å². The predicted molar refractivity (Wildman–Crippen MR) is 59.9 cm³/mol. The van der Waals surface area contributed by atoms with E-state index in [1.165, 1.54) is 6.07 Å². The normalized spacial score (nSPS) is 15.4. The summed E-state index contributed by atoms with van der Waals surface area (Å²) in [7, 11) is -4.36. The van der Waals surface area contributed by atoms with Crippen LogP contribution in [0.4, 0.5) is 0 Å². The van der Waals surface area contributed by atoms with Gasteiger partial charge in [0, 0.05) is 0 Å². The lowest BCUT2D eigenvalue weighted by Gasteiger charge is -2.18. The van der Waals surface area contributed by atoms with E-state index in [9.17, 15) is 13.2 Å². The van der Waals surface area contributed by atoms with Crippen LogP contribution >= 0.6 is 0 Å². The maximum Gasteiger partial charge on any atom is 0.335 e. The van der Waals surface area contributed by atoms with Gasteiger partial charge in [0.2, 0.25) is 0 Å². The SMILES string of the molecule is O=C(O)c1cc2c(c(S(=O)(=O)O)c1)CCCC2. The van der Waals surface area contributed by atoms with Gasteiger partial charge in [0.05, 0.1) is 10.5 Å². The average molecular weight is 256 g/mol. The molecule has 0 aromatic heterocycles. The van der Waals surface area contributed by atoms with Crippen LogP contribution in [0.1, 0.15) is 34.3 Å². The Labute approximate surface area is 98.8 Å². The highest BCUT2D eigenvalue weighted by Crippen LogP contribution is 2.29. The zero-order valence-electron chi connectivity index (χ0n) is 9.01. The van der Waals surface area contributed by atoms with Gasteiger partial charge in [-0.25, -0.2) is 4.79 Å². The fourth-order valence-electron chi connectivity index (χ4n) is 2.18. The van der Waals surface area contributed by atoms with Gasteiger partial charge in [0.1, 0.15) is 0 Å². The second-order valence-corrected chi connectivity index (χ2v) is 5.49. The Morgan fingerprint density at radius 2 is 1.82 bits per heavy atom. The van der Waals surface area contributed by atoms with Gasteiger partial charge < -0.3 is 5.11 Å². The van der Waals surface area contributed by atoms with Crippen LogP contribution in [0.2, 0.25) is 0 Å². The van der Waals surface area contributed by atoms with Crippen LogP contribution in [0.3, 0.4) is 0 Å². The molecule has 0 atom stereocenters. The summed E-state index contributed by atoms with van der Waals surface area (Å²) < 4.78 is 31.6. The quantitative estimate of drug-likeness (QED) is 0.782. The third kappa shape index (κ3) is 2.32. The summed E-state index contributed by atoms with van der Waals surface area (Å²) in [6.07, 6.45) is 2.96. The molecule has 1 aromatic rings. The maximum atomic E-state index is 11.2. The summed E-state index contributed by atoms with van der Waals surface area (Å²) in [5.74, 6) is -1.19. The van der Waals surface area contributed by atoms with Gasteiger partial charge in [0.15, 0.2) is 0 Å². The molecule has 0 fully saturated rings. The van der Waals surface area contributed by atoms with E-state index in [4.69, 9.17) is 9.66 Å². The van der Waals surface area contributed by atoms with Crippen molar-refractivity contribution in [3.05, 3.63) is 28.8 Å². The molecule has 92 valence electrons. The Balaban J connectivity index is 2.71. The highest BCUT2D eigenvalue weighted by atomic mass is 32.2. The Kier molecular flexibility index (Phi) is 2.92. The van der Waals surface area contributed by atoms with Crippen molar-refractivity contribution in [1.82, 2.24) is 0 Å². The molecule has 0 bridgehead atoms. The summed E-state index contributed by atoms with van der Waals surface area (Å²) in [5.41, 5.74) is 1.17. The van der Waals surface area contributed by atoms with E-state index in [0.29, 0.717) is 24.0 Å². The first-order valence-corrected chi connectivity index (χ1v) is 6.70. The molecule has 0 saturated carbocycles. The van der Waals surface area contributed by atoms with Crippen LogP contribution in [0, 0.1) is 0 Å². The number of hydrogen-bond donors (Lipinski definition) is 2. The lowest BCUT2D eigenvalue weighted by atomic mass is 9.90. The number of aryl methyl sites for hydroxylation is 1. The Hall–Kier alpha value is -1.40. The molecule has 0 saturated heterocycles. The number of aromatic carboxylic acids is 1. The molecule has 0 amide bonds. The van der Waals surface area contributed by atoms with E-state index in [1.807, 2.05) is 0 Å². The number of carboxylic acid groups (broad SMARTS) is 1. The molecule has 1 aromatic carbocycles. The molecule has 0 aliphatic heterocycles. The van der Waals surface area contributed by atoms with E-state index in [2.05, 4.69) is 0 Å². The summed E-state index contributed by atoms with van der Waals surface area (Å²) in [5, 5.41) is 8.90. The van der Waals surface area contributed by atoms with Crippen LogP contribution in [0.5, 0.6) is 0 Å². The summed E-state index contributed by atoms with van der Waals surface area (Å²) >= 11 is 0. The van der Waals surface area contributed by atoms with Crippen LogP contribution in [0.25, 0.3) is 0 Å². The Morgan fingerprint density at radius 1 is 1.18 bits per heavy atom. The first-order valence-electron chi connectivity index (χ1n) is 5.26. The largest absolute Gasteiger partial charge is 0.478 e. The van der Waals surface area contributed by atoms with E-state index >= 15 is 0 Å². The van der Waals surface area contributed by atoms with E-state index in [1.54, 1.807) is 0 Å². The van der Waals surface area contributed by atoms with Crippen LogP contribution in [0.15, 0.2) is 17.0 Å². The molecule has 6 heteroatoms. The van der Waals surface area contributed by atoms with Crippen molar-refractivity contribution >= 4 is 16.1 Å². The molecule has 0 radical (unpaired) electrons. The summed E-state index contributed by atoms with van der Waals surface area (Å²) in [6, 6.07) is 2.52. The minimum Gasteiger partial charge on any atom is -0.478 e. The van der Waals surface area contributed by atoms with Gasteiger partial charge >= 0.3 is 5.97 Å². The molecule has 17 heavy (non-hydrogen) atoms. The minimum atomic E-state index is -4.36. The number of rotatable bonds is 2. The molecule has 0 heterocycles. The average Bonchev–Trinajstić information content (AvgIpc) is 2.26. The van der Waals surface area contributed by atoms with Gasteiger partial charge in [-0.1, -0.05) is 0 Å². The molecule has 1 aliphatic rings. The second-order valence-electron chi connectivity index (χ2n) is 4.10. The molecule has 2 rings (SSSR count). The summed E-state index contributed by atoms with van der Waals surface area (Å²) in [6.45, 7) is 0. The lowest BCUT2D eigenvalue weighted by molar-refractivity contribution is 0.0696. The first-order chi connectivity index (χ1) is 7.89. The predicted octanol–water partition coefficient (Wildman–Crippen LogP) is 1.51. The van der Waals surface area contributed by atoms with E-state index in [0.717, 1.165) is 18.9 Å². The third-order valence-corrected chi connectivity index (χ3v) is 3.87. The highest BCUT2D eigenvalue weighted by molar-refractivity contribution is 7.85. The number of carbonyl (C=O) groups is 1. The van der Waals surface area contributed by atoms with Crippen molar-refractivity contribution in [2.45, 2.75) is 30.6 Å². The molecular formula is C11H12O5S. The number of hydrogen-bond acceptors (Lipinski definition) is 3. The van der Waals surface area contributed by atoms with E-state index < -0.39 is 16.1 Å². The van der Waals surface area contributed by atoms with Crippen molar-refractivity contribution in [2.24, 2.45) is 0 Å². The number of fused-ring (bicyclic) bond motifs is 1. The van der Waals surface area contributed by atoms with Crippen molar-refractivity contribution in [3.63, 3.8) is 0 Å². The summed E-state index contributed by atoms with van der Waals surface area (Å²) in [4.78, 5) is 10.6. The molecule has 5 nitrogen and oxygen atoms in total. The van der Waals surface area contributed by atoms with Gasteiger partial charge in [-0.05, 0) is 48.9 Å². The highest BCUT2D eigenvalue weighted by Gasteiger charge is 2.23. The van der Waals surface area contributed by atoms with Crippen LogP contribution in [-0.2, 0) is 23.0 Å². The monoisotopic (exact) mass is 256 g/mol. The molecular weight excluding hydrogens is 244 g/mol.